The Labute approximate surface area is 159 Å². The van der Waals surface area contributed by atoms with Crippen LogP contribution in [0.1, 0.15) is 18.1 Å². The average Bonchev–Trinajstić information content (AvgIpc) is 2.67. The zero-order chi connectivity index (χ0) is 17.8. The number of halogens is 1. The van der Waals surface area contributed by atoms with E-state index in [1.165, 1.54) is 5.56 Å². The number of aromatic nitrogens is 1. The summed E-state index contributed by atoms with van der Waals surface area (Å²) in [5.41, 5.74) is 4.03. The van der Waals surface area contributed by atoms with E-state index in [1.807, 2.05) is 18.2 Å². The molecule has 2 aromatic carbocycles. The summed E-state index contributed by atoms with van der Waals surface area (Å²) >= 11 is 0. The maximum Gasteiger partial charge on any atom is 0.124 e. The molecule has 134 valence electrons. The standard InChI is InChI=1S/C20H19N3O2.ClH/c1-4-13-5-6-19-18(7-13)20(14(11-21)12-22-19)23-15-8-16(24-2)10-17(9-15)25-3;/h5-10,12H,4H2,1-3H3,(H,22,23);1H. The number of benzene rings is 2. The number of pyridine rings is 1. The molecule has 1 N–H and O–H groups in total. The number of rotatable bonds is 5. The Bertz CT molecular complexity index is 945. The van der Waals surface area contributed by atoms with Crippen LogP contribution in [0.3, 0.4) is 0 Å². The molecule has 0 spiro atoms. The number of hydrogen-bond donors (Lipinski definition) is 1. The van der Waals surface area contributed by atoms with Gasteiger partial charge in [-0.3, -0.25) is 4.98 Å². The molecular formula is C20H20ClN3O2. The zero-order valence-corrected chi connectivity index (χ0v) is 15.7. The topological polar surface area (TPSA) is 67.2 Å². The van der Waals surface area contributed by atoms with Crippen molar-refractivity contribution in [3.63, 3.8) is 0 Å². The molecule has 0 aliphatic heterocycles. The lowest BCUT2D eigenvalue weighted by atomic mass is 10.0. The third-order valence-corrected chi connectivity index (χ3v) is 4.08. The van der Waals surface area contributed by atoms with E-state index in [0.29, 0.717) is 17.1 Å². The highest BCUT2D eigenvalue weighted by Gasteiger charge is 2.11. The number of fused-ring (bicyclic) bond motifs is 1. The largest absolute Gasteiger partial charge is 0.497 e. The molecule has 0 atom stereocenters. The number of methoxy groups -OCH3 is 2. The SMILES string of the molecule is CCc1ccc2ncc(C#N)c(Nc3cc(OC)cc(OC)c3)c2c1.Cl. The number of nitrogens with one attached hydrogen (secondary N) is 1. The first-order chi connectivity index (χ1) is 12.2. The van der Waals surface area contributed by atoms with Crippen LogP contribution >= 0.6 is 12.4 Å². The van der Waals surface area contributed by atoms with E-state index >= 15 is 0 Å². The van der Waals surface area contributed by atoms with E-state index in [-0.39, 0.29) is 12.4 Å². The van der Waals surface area contributed by atoms with Gasteiger partial charge < -0.3 is 14.8 Å². The number of anilines is 2. The Hall–Kier alpha value is -2.97. The zero-order valence-electron chi connectivity index (χ0n) is 14.9. The quantitative estimate of drug-likeness (QED) is 0.696. The Morgan fingerprint density at radius 3 is 2.35 bits per heavy atom. The van der Waals surface area contributed by atoms with Crippen molar-refractivity contribution in [2.24, 2.45) is 0 Å². The van der Waals surface area contributed by atoms with Gasteiger partial charge in [0.15, 0.2) is 0 Å². The van der Waals surface area contributed by atoms with E-state index < -0.39 is 0 Å². The highest BCUT2D eigenvalue weighted by atomic mass is 35.5. The lowest BCUT2D eigenvalue weighted by Crippen LogP contribution is -1.98. The van der Waals surface area contributed by atoms with Crippen molar-refractivity contribution in [2.75, 3.05) is 19.5 Å². The number of nitrogens with zero attached hydrogens (tertiary/aromatic N) is 2. The molecule has 5 nitrogen and oxygen atoms in total. The molecule has 0 aliphatic carbocycles. The van der Waals surface area contributed by atoms with Gasteiger partial charge in [0.1, 0.15) is 17.6 Å². The monoisotopic (exact) mass is 369 g/mol. The van der Waals surface area contributed by atoms with E-state index in [0.717, 1.165) is 28.7 Å². The molecule has 0 saturated carbocycles. The van der Waals surface area contributed by atoms with Crippen LogP contribution < -0.4 is 14.8 Å². The van der Waals surface area contributed by atoms with Crippen molar-refractivity contribution in [3.05, 3.63) is 53.7 Å². The van der Waals surface area contributed by atoms with Crippen LogP contribution in [0.15, 0.2) is 42.6 Å². The summed E-state index contributed by atoms with van der Waals surface area (Å²) in [6.07, 6.45) is 2.51. The highest BCUT2D eigenvalue weighted by Crippen LogP contribution is 2.33. The van der Waals surface area contributed by atoms with Gasteiger partial charge in [0, 0.05) is 35.5 Å². The fraction of sp³-hybridized carbons (Fsp3) is 0.200. The van der Waals surface area contributed by atoms with E-state index in [1.54, 1.807) is 26.5 Å². The van der Waals surface area contributed by atoms with Crippen LogP contribution in [0, 0.1) is 11.3 Å². The fourth-order valence-corrected chi connectivity index (χ4v) is 2.70. The minimum absolute atomic E-state index is 0. The van der Waals surface area contributed by atoms with Gasteiger partial charge in [-0.15, -0.1) is 12.4 Å². The van der Waals surface area contributed by atoms with Gasteiger partial charge in [-0.05, 0) is 24.1 Å². The Morgan fingerprint density at radius 2 is 1.77 bits per heavy atom. The summed E-state index contributed by atoms with van der Waals surface area (Å²) in [7, 11) is 3.21. The minimum atomic E-state index is 0. The summed E-state index contributed by atoms with van der Waals surface area (Å²) in [4.78, 5) is 4.39. The lowest BCUT2D eigenvalue weighted by molar-refractivity contribution is 0.395. The first-order valence-electron chi connectivity index (χ1n) is 8.00. The highest BCUT2D eigenvalue weighted by molar-refractivity contribution is 5.96. The van der Waals surface area contributed by atoms with E-state index in [4.69, 9.17) is 9.47 Å². The molecule has 0 fully saturated rings. The molecule has 0 unspecified atom stereocenters. The summed E-state index contributed by atoms with van der Waals surface area (Å²) < 4.78 is 10.6. The van der Waals surface area contributed by atoms with Crippen molar-refractivity contribution in [1.82, 2.24) is 4.98 Å². The smallest absolute Gasteiger partial charge is 0.124 e. The maximum atomic E-state index is 9.50. The molecule has 1 heterocycles. The molecule has 0 saturated heterocycles. The second kappa shape index (κ2) is 8.41. The van der Waals surface area contributed by atoms with Crippen LogP contribution in [0.5, 0.6) is 11.5 Å². The van der Waals surface area contributed by atoms with Gasteiger partial charge in [-0.1, -0.05) is 13.0 Å². The summed E-state index contributed by atoms with van der Waals surface area (Å²) in [6, 6.07) is 13.8. The predicted molar refractivity (Wildman–Crippen MR) is 106 cm³/mol. The Morgan fingerprint density at radius 1 is 1.08 bits per heavy atom. The third kappa shape index (κ3) is 3.81. The van der Waals surface area contributed by atoms with E-state index in [9.17, 15) is 5.26 Å². The second-order valence-electron chi connectivity index (χ2n) is 5.59. The van der Waals surface area contributed by atoms with Crippen molar-refractivity contribution in [1.29, 1.82) is 5.26 Å². The molecule has 1 aromatic heterocycles. The summed E-state index contributed by atoms with van der Waals surface area (Å²) in [5, 5.41) is 13.8. The number of hydrogen-bond acceptors (Lipinski definition) is 5. The lowest BCUT2D eigenvalue weighted by Gasteiger charge is -2.14. The number of aryl methyl sites for hydroxylation is 1. The average molecular weight is 370 g/mol. The molecule has 0 aliphatic rings. The first kappa shape index (κ1) is 19.4. The maximum absolute atomic E-state index is 9.50. The van der Waals surface area contributed by atoms with Crippen LogP contribution in [0.2, 0.25) is 0 Å². The van der Waals surface area contributed by atoms with Crippen LogP contribution in [-0.4, -0.2) is 19.2 Å². The Balaban J connectivity index is 0.00000243. The van der Waals surface area contributed by atoms with Crippen molar-refractivity contribution < 1.29 is 9.47 Å². The number of nitriles is 1. The van der Waals surface area contributed by atoms with Gasteiger partial charge in [0.25, 0.3) is 0 Å². The summed E-state index contributed by atoms with van der Waals surface area (Å²) in [5.74, 6) is 1.35. The predicted octanol–water partition coefficient (Wildman–Crippen LogP) is 4.85. The third-order valence-electron chi connectivity index (χ3n) is 4.08. The van der Waals surface area contributed by atoms with Gasteiger partial charge in [0.2, 0.25) is 0 Å². The van der Waals surface area contributed by atoms with Gasteiger partial charge >= 0.3 is 0 Å². The van der Waals surface area contributed by atoms with Crippen molar-refractivity contribution in [3.8, 4) is 17.6 Å². The molecule has 0 radical (unpaired) electrons. The van der Waals surface area contributed by atoms with Gasteiger partial charge in [-0.2, -0.15) is 5.26 Å². The molecule has 0 bridgehead atoms. The molecule has 3 aromatic rings. The van der Waals surface area contributed by atoms with Crippen molar-refractivity contribution in [2.45, 2.75) is 13.3 Å². The summed E-state index contributed by atoms with van der Waals surface area (Å²) in [6.45, 7) is 2.10. The van der Waals surface area contributed by atoms with Gasteiger partial charge in [0.05, 0.1) is 31.0 Å². The normalized spacial score (nSPS) is 9.92. The number of ether oxygens (including phenoxy) is 2. The van der Waals surface area contributed by atoms with Crippen LogP contribution in [0.25, 0.3) is 10.9 Å². The first-order valence-corrected chi connectivity index (χ1v) is 8.00. The molecule has 3 rings (SSSR count). The molecule has 0 amide bonds. The Kier molecular flexibility index (Phi) is 6.26. The van der Waals surface area contributed by atoms with E-state index in [2.05, 4.69) is 35.4 Å². The second-order valence-corrected chi connectivity index (χ2v) is 5.59. The molecule has 6 heteroatoms. The van der Waals surface area contributed by atoms with Crippen LogP contribution in [-0.2, 0) is 6.42 Å². The van der Waals surface area contributed by atoms with Gasteiger partial charge in [-0.25, -0.2) is 0 Å². The van der Waals surface area contributed by atoms with Crippen molar-refractivity contribution >= 4 is 34.7 Å². The fourth-order valence-electron chi connectivity index (χ4n) is 2.70. The molecular weight excluding hydrogens is 350 g/mol. The van der Waals surface area contributed by atoms with Crippen LogP contribution in [0.4, 0.5) is 11.4 Å². The molecule has 26 heavy (non-hydrogen) atoms. The minimum Gasteiger partial charge on any atom is -0.497 e.